The van der Waals surface area contributed by atoms with Gasteiger partial charge in [-0.2, -0.15) is 0 Å². The normalized spacial score (nSPS) is 18.9. The molecule has 0 spiro atoms. The number of carboxylic acid groups (broad SMARTS) is 1. The van der Waals surface area contributed by atoms with E-state index in [1.807, 2.05) is 20.8 Å². The average molecular weight is 269 g/mol. The van der Waals surface area contributed by atoms with Gasteiger partial charge in [0.15, 0.2) is 0 Å². The molecule has 1 saturated carbocycles. The van der Waals surface area contributed by atoms with Crippen molar-refractivity contribution in [1.29, 1.82) is 0 Å². The monoisotopic (exact) mass is 269 g/mol. The number of hydrogen-bond donors (Lipinski definition) is 2. The third kappa shape index (κ3) is 5.62. The van der Waals surface area contributed by atoms with Crippen molar-refractivity contribution in [3.8, 4) is 0 Å². The first-order chi connectivity index (χ1) is 8.80. The highest BCUT2D eigenvalue weighted by atomic mass is 16.4. The van der Waals surface area contributed by atoms with Crippen LogP contribution >= 0.6 is 0 Å². The second-order valence-electron chi connectivity index (χ2n) is 6.73. The van der Waals surface area contributed by atoms with Gasteiger partial charge in [-0.25, -0.2) is 0 Å². The van der Waals surface area contributed by atoms with Gasteiger partial charge in [0.1, 0.15) is 0 Å². The minimum Gasteiger partial charge on any atom is -0.481 e. The highest BCUT2D eigenvalue weighted by Crippen LogP contribution is 2.29. The summed E-state index contributed by atoms with van der Waals surface area (Å²) in [6.07, 6.45) is 6.67. The Morgan fingerprint density at radius 3 is 2.26 bits per heavy atom. The molecule has 1 aliphatic rings. The van der Waals surface area contributed by atoms with E-state index in [0.717, 1.165) is 12.8 Å². The van der Waals surface area contributed by atoms with Crippen molar-refractivity contribution in [3.63, 3.8) is 0 Å². The molecule has 110 valence electrons. The Hall–Kier alpha value is -1.06. The Morgan fingerprint density at radius 1 is 1.21 bits per heavy atom. The van der Waals surface area contributed by atoms with Crippen molar-refractivity contribution in [2.24, 2.45) is 17.3 Å². The molecule has 0 aromatic rings. The summed E-state index contributed by atoms with van der Waals surface area (Å²) in [4.78, 5) is 23.1. The zero-order valence-corrected chi connectivity index (χ0v) is 12.4. The maximum Gasteiger partial charge on any atom is 0.308 e. The van der Waals surface area contributed by atoms with Gasteiger partial charge < -0.3 is 10.4 Å². The van der Waals surface area contributed by atoms with Crippen LogP contribution in [0.25, 0.3) is 0 Å². The molecule has 1 fully saturated rings. The third-order valence-corrected chi connectivity index (χ3v) is 3.88. The summed E-state index contributed by atoms with van der Waals surface area (Å²) in [5.41, 5.74) is -0.464. The van der Waals surface area contributed by atoms with Gasteiger partial charge in [-0.1, -0.05) is 52.9 Å². The largest absolute Gasteiger partial charge is 0.481 e. The second kappa shape index (κ2) is 6.92. The van der Waals surface area contributed by atoms with Crippen LogP contribution in [0, 0.1) is 17.3 Å². The number of rotatable bonds is 5. The van der Waals surface area contributed by atoms with Crippen LogP contribution < -0.4 is 5.32 Å². The van der Waals surface area contributed by atoms with E-state index in [0.29, 0.717) is 12.3 Å². The molecule has 0 heterocycles. The molecule has 0 saturated heterocycles. The van der Waals surface area contributed by atoms with Gasteiger partial charge in [-0.15, -0.1) is 0 Å². The number of aliphatic carboxylic acids is 1. The second-order valence-corrected chi connectivity index (χ2v) is 6.73. The van der Waals surface area contributed by atoms with E-state index in [-0.39, 0.29) is 12.5 Å². The summed E-state index contributed by atoms with van der Waals surface area (Å²) >= 11 is 0. The van der Waals surface area contributed by atoms with Crippen LogP contribution in [0.5, 0.6) is 0 Å². The van der Waals surface area contributed by atoms with Gasteiger partial charge in [-0.3, -0.25) is 9.59 Å². The van der Waals surface area contributed by atoms with Crippen LogP contribution in [-0.4, -0.2) is 23.5 Å². The van der Waals surface area contributed by atoms with E-state index in [4.69, 9.17) is 0 Å². The van der Waals surface area contributed by atoms with Gasteiger partial charge in [0.25, 0.3) is 0 Å². The van der Waals surface area contributed by atoms with Crippen molar-refractivity contribution >= 4 is 11.9 Å². The SMILES string of the molecule is CC(C)(C)C(=O)NCC(CC1CCCCC1)C(=O)O. The predicted octanol–water partition coefficient (Wildman–Crippen LogP) is 2.82. The summed E-state index contributed by atoms with van der Waals surface area (Å²) in [6, 6.07) is 0. The quantitative estimate of drug-likeness (QED) is 0.806. The molecule has 0 aliphatic heterocycles. The van der Waals surface area contributed by atoms with Crippen molar-refractivity contribution in [2.45, 2.75) is 59.3 Å². The molecule has 1 rings (SSSR count). The van der Waals surface area contributed by atoms with Crippen LogP contribution in [0.15, 0.2) is 0 Å². The maximum atomic E-state index is 11.8. The lowest BCUT2D eigenvalue weighted by Gasteiger charge is -2.25. The van der Waals surface area contributed by atoms with E-state index in [2.05, 4.69) is 5.32 Å². The lowest BCUT2D eigenvalue weighted by atomic mass is 9.82. The first kappa shape index (κ1) is 16.0. The van der Waals surface area contributed by atoms with Crippen molar-refractivity contribution < 1.29 is 14.7 Å². The number of carbonyl (C=O) groups is 2. The number of carbonyl (C=O) groups excluding carboxylic acids is 1. The third-order valence-electron chi connectivity index (χ3n) is 3.88. The maximum absolute atomic E-state index is 11.8. The fourth-order valence-electron chi connectivity index (χ4n) is 2.58. The Morgan fingerprint density at radius 2 is 1.79 bits per heavy atom. The molecule has 0 aromatic carbocycles. The van der Waals surface area contributed by atoms with Crippen molar-refractivity contribution in [3.05, 3.63) is 0 Å². The van der Waals surface area contributed by atoms with E-state index in [1.54, 1.807) is 0 Å². The summed E-state index contributed by atoms with van der Waals surface area (Å²) in [5, 5.41) is 12.0. The van der Waals surface area contributed by atoms with Crippen molar-refractivity contribution in [1.82, 2.24) is 5.32 Å². The highest BCUT2D eigenvalue weighted by molar-refractivity contribution is 5.82. The summed E-state index contributed by atoms with van der Waals surface area (Å²) in [7, 11) is 0. The first-order valence-corrected chi connectivity index (χ1v) is 7.32. The lowest BCUT2D eigenvalue weighted by molar-refractivity contribution is -0.142. The van der Waals surface area contributed by atoms with Gasteiger partial charge in [0, 0.05) is 12.0 Å². The molecular formula is C15H27NO3. The summed E-state index contributed by atoms with van der Waals surface area (Å²) in [5.74, 6) is -0.807. The smallest absolute Gasteiger partial charge is 0.308 e. The molecular weight excluding hydrogens is 242 g/mol. The van der Waals surface area contributed by atoms with Crippen LogP contribution in [0.3, 0.4) is 0 Å². The van der Waals surface area contributed by atoms with Gasteiger partial charge in [-0.05, 0) is 12.3 Å². The fourth-order valence-corrected chi connectivity index (χ4v) is 2.58. The topological polar surface area (TPSA) is 66.4 Å². The molecule has 4 nitrogen and oxygen atoms in total. The molecule has 0 bridgehead atoms. The standard InChI is InChI=1S/C15H27NO3/c1-15(2,3)14(19)16-10-12(13(17)18)9-11-7-5-4-6-8-11/h11-12H,4-10H2,1-3H3,(H,16,19)(H,17,18). The van der Waals surface area contributed by atoms with Crippen LogP contribution in [0.2, 0.25) is 0 Å². The zero-order valence-electron chi connectivity index (χ0n) is 12.4. The Kier molecular flexibility index (Phi) is 5.83. The molecule has 4 heteroatoms. The average Bonchev–Trinajstić information content (AvgIpc) is 2.33. The minimum absolute atomic E-state index is 0.0811. The molecule has 19 heavy (non-hydrogen) atoms. The number of amides is 1. The fraction of sp³-hybridized carbons (Fsp3) is 0.867. The minimum atomic E-state index is -0.792. The number of carboxylic acids is 1. The molecule has 0 aromatic heterocycles. The summed E-state index contributed by atoms with van der Waals surface area (Å²) < 4.78 is 0. The lowest BCUT2D eigenvalue weighted by Crippen LogP contribution is -2.40. The van der Waals surface area contributed by atoms with E-state index < -0.39 is 17.3 Å². The van der Waals surface area contributed by atoms with Gasteiger partial charge in [0.05, 0.1) is 5.92 Å². The predicted molar refractivity (Wildman–Crippen MR) is 74.8 cm³/mol. The van der Waals surface area contributed by atoms with Crippen molar-refractivity contribution in [2.75, 3.05) is 6.54 Å². The number of hydrogen-bond acceptors (Lipinski definition) is 2. The highest BCUT2D eigenvalue weighted by Gasteiger charge is 2.27. The molecule has 2 N–H and O–H groups in total. The van der Waals surface area contributed by atoms with Crippen LogP contribution in [0.4, 0.5) is 0 Å². The van der Waals surface area contributed by atoms with E-state index in [1.165, 1.54) is 19.3 Å². The van der Waals surface area contributed by atoms with E-state index >= 15 is 0 Å². The molecule has 1 atom stereocenters. The molecule has 1 aliphatic carbocycles. The Balaban J connectivity index is 2.44. The van der Waals surface area contributed by atoms with Gasteiger partial charge in [0.2, 0.25) is 5.91 Å². The summed E-state index contributed by atoms with van der Waals surface area (Å²) in [6.45, 7) is 5.75. The molecule has 0 radical (unpaired) electrons. The first-order valence-electron chi connectivity index (χ1n) is 7.32. The zero-order chi connectivity index (χ0) is 14.5. The number of nitrogens with one attached hydrogen (secondary N) is 1. The Bertz CT molecular complexity index is 314. The molecule has 1 amide bonds. The molecule has 1 unspecified atom stereocenters. The van der Waals surface area contributed by atoms with Gasteiger partial charge >= 0.3 is 5.97 Å². The van der Waals surface area contributed by atoms with Crippen LogP contribution in [-0.2, 0) is 9.59 Å². The Labute approximate surface area is 116 Å². The van der Waals surface area contributed by atoms with Crippen LogP contribution in [0.1, 0.15) is 59.3 Å². The van der Waals surface area contributed by atoms with E-state index in [9.17, 15) is 14.7 Å².